The van der Waals surface area contributed by atoms with Crippen LogP contribution in [0.15, 0.2) is 36.4 Å². The summed E-state index contributed by atoms with van der Waals surface area (Å²) in [7, 11) is 0. The molecule has 0 aliphatic rings. The fourth-order valence-corrected chi connectivity index (χ4v) is 2.31. The molecule has 0 aliphatic carbocycles. The first-order chi connectivity index (χ1) is 9.45. The van der Waals surface area contributed by atoms with Crippen molar-refractivity contribution in [1.29, 1.82) is 0 Å². The zero-order valence-corrected chi connectivity index (χ0v) is 11.8. The fourth-order valence-electron chi connectivity index (χ4n) is 1.83. The van der Waals surface area contributed by atoms with E-state index in [0.29, 0.717) is 15.6 Å². The van der Waals surface area contributed by atoms with E-state index in [4.69, 9.17) is 23.2 Å². The van der Waals surface area contributed by atoms with Gasteiger partial charge in [-0.05, 0) is 41.5 Å². The number of halogens is 4. The van der Waals surface area contributed by atoms with Crippen molar-refractivity contribution in [2.45, 2.75) is 12.8 Å². The van der Waals surface area contributed by atoms with Crippen molar-refractivity contribution in [3.05, 3.63) is 69.2 Å². The lowest BCUT2D eigenvalue weighted by atomic mass is 10.0. The molecule has 0 aromatic heterocycles. The Balaban J connectivity index is 2.11. The minimum Gasteiger partial charge on any atom is -0.299 e. The number of carbonyl (C=O) groups is 1. The lowest BCUT2D eigenvalue weighted by Crippen LogP contribution is -2.08. The van der Waals surface area contributed by atoms with Crippen LogP contribution in [0.2, 0.25) is 10.0 Å². The molecule has 0 amide bonds. The summed E-state index contributed by atoms with van der Waals surface area (Å²) >= 11 is 11.7. The average Bonchev–Trinajstić information content (AvgIpc) is 2.37. The van der Waals surface area contributed by atoms with E-state index in [9.17, 15) is 13.6 Å². The number of hydrogen-bond donors (Lipinski definition) is 0. The maximum atomic E-state index is 13.4. The molecule has 0 saturated heterocycles. The maximum absolute atomic E-state index is 13.4. The van der Waals surface area contributed by atoms with E-state index in [2.05, 4.69) is 0 Å². The maximum Gasteiger partial charge on any atom is 0.141 e. The van der Waals surface area contributed by atoms with Crippen LogP contribution in [0.3, 0.4) is 0 Å². The second kappa shape index (κ2) is 6.33. The first-order valence-corrected chi connectivity index (χ1v) is 6.61. The largest absolute Gasteiger partial charge is 0.299 e. The van der Waals surface area contributed by atoms with Crippen molar-refractivity contribution in [3.8, 4) is 0 Å². The Kier molecular flexibility index (Phi) is 4.73. The molecule has 20 heavy (non-hydrogen) atoms. The van der Waals surface area contributed by atoms with Gasteiger partial charge in [-0.3, -0.25) is 4.79 Å². The number of Topliss-reactive ketones (excluding diaryl/α,β-unsaturated/α-hetero) is 1. The van der Waals surface area contributed by atoms with Crippen LogP contribution in [0.4, 0.5) is 8.78 Å². The number of rotatable bonds is 4. The zero-order chi connectivity index (χ0) is 14.7. The molecule has 0 heterocycles. The van der Waals surface area contributed by atoms with Crippen LogP contribution < -0.4 is 0 Å². The molecule has 2 aromatic rings. The van der Waals surface area contributed by atoms with E-state index >= 15 is 0 Å². The van der Waals surface area contributed by atoms with Crippen molar-refractivity contribution in [2.24, 2.45) is 0 Å². The monoisotopic (exact) mass is 314 g/mol. The average molecular weight is 315 g/mol. The van der Waals surface area contributed by atoms with Crippen LogP contribution in [0.5, 0.6) is 0 Å². The Morgan fingerprint density at radius 3 is 2.35 bits per heavy atom. The minimum absolute atomic E-state index is 0.0417. The summed E-state index contributed by atoms with van der Waals surface area (Å²) in [5, 5.41) is 0.855. The highest BCUT2D eigenvalue weighted by atomic mass is 35.5. The number of hydrogen-bond acceptors (Lipinski definition) is 1. The van der Waals surface area contributed by atoms with Crippen molar-refractivity contribution < 1.29 is 13.6 Å². The van der Waals surface area contributed by atoms with Crippen molar-refractivity contribution in [2.75, 3.05) is 0 Å². The molecule has 0 radical (unpaired) electrons. The second-order valence-corrected chi connectivity index (χ2v) is 5.21. The highest BCUT2D eigenvalue weighted by Crippen LogP contribution is 2.22. The zero-order valence-electron chi connectivity index (χ0n) is 10.3. The van der Waals surface area contributed by atoms with Gasteiger partial charge in [-0.15, -0.1) is 0 Å². The number of ketones is 1. The van der Waals surface area contributed by atoms with E-state index in [1.807, 2.05) is 0 Å². The second-order valence-electron chi connectivity index (χ2n) is 4.36. The van der Waals surface area contributed by atoms with Gasteiger partial charge < -0.3 is 0 Å². The molecule has 0 unspecified atom stereocenters. The van der Waals surface area contributed by atoms with Crippen LogP contribution in [-0.2, 0) is 17.6 Å². The minimum atomic E-state index is -0.595. The third-order valence-corrected chi connectivity index (χ3v) is 3.39. The quantitative estimate of drug-likeness (QED) is 0.804. The predicted molar refractivity (Wildman–Crippen MR) is 75.2 cm³/mol. The Bertz CT molecular complexity index is 656. The summed E-state index contributed by atoms with van der Waals surface area (Å²) in [5.41, 5.74) is 0.651. The molecule has 0 N–H and O–H groups in total. The van der Waals surface area contributed by atoms with E-state index in [0.717, 1.165) is 18.2 Å². The first kappa shape index (κ1) is 14.9. The van der Waals surface area contributed by atoms with E-state index in [-0.39, 0.29) is 24.2 Å². The van der Waals surface area contributed by atoms with Gasteiger partial charge in [-0.25, -0.2) is 8.78 Å². The molecular formula is C15H10Cl2F2O. The van der Waals surface area contributed by atoms with Crippen molar-refractivity contribution in [3.63, 3.8) is 0 Å². The van der Waals surface area contributed by atoms with Gasteiger partial charge in [-0.2, -0.15) is 0 Å². The Labute approximate surface area is 125 Å². The molecular weight excluding hydrogens is 305 g/mol. The van der Waals surface area contributed by atoms with Crippen LogP contribution in [-0.4, -0.2) is 5.78 Å². The third-order valence-electron chi connectivity index (χ3n) is 2.80. The Morgan fingerprint density at radius 2 is 1.65 bits per heavy atom. The molecule has 2 aromatic carbocycles. The summed E-state index contributed by atoms with van der Waals surface area (Å²) < 4.78 is 26.5. The van der Waals surface area contributed by atoms with Crippen LogP contribution in [0.25, 0.3) is 0 Å². The highest BCUT2D eigenvalue weighted by Gasteiger charge is 2.12. The lowest BCUT2D eigenvalue weighted by molar-refractivity contribution is -0.117. The SMILES string of the molecule is O=C(Cc1cc(F)ccc1F)Cc1ccc(Cl)cc1Cl. The molecule has 104 valence electrons. The lowest BCUT2D eigenvalue weighted by Gasteiger charge is -2.05. The molecule has 2 rings (SSSR count). The summed E-state index contributed by atoms with van der Waals surface area (Å²) in [6, 6.07) is 7.85. The fraction of sp³-hybridized carbons (Fsp3) is 0.133. The molecule has 0 bridgehead atoms. The van der Waals surface area contributed by atoms with Gasteiger partial charge in [0.2, 0.25) is 0 Å². The van der Waals surface area contributed by atoms with Crippen molar-refractivity contribution in [1.82, 2.24) is 0 Å². The van der Waals surface area contributed by atoms with Gasteiger partial charge in [0.25, 0.3) is 0 Å². The Hall–Kier alpha value is -1.45. The van der Waals surface area contributed by atoms with Gasteiger partial charge >= 0.3 is 0 Å². The summed E-state index contributed by atoms with van der Waals surface area (Å²) in [6.07, 6.45) is -0.130. The van der Waals surface area contributed by atoms with Crippen molar-refractivity contribution >= 4 is 29.0 Å². The molecule has 0 saturated carbocycles. The van der Waals surface area contributed by atoms with E-state index < -0.39 is 11.6 Å². The third kappa shape index (κ3) is 3.78. The predicted octanol–water partition coefficient (Wildman–Crippen LogP) is 4.63. The first-order valence-electron chi connectivity index (χ1n) is 5.85. The topological polar surface area (TPSA) is 17.1 Å². The number of benzene rings is 2. The van der Waals surface area contributed by atoms with Gasteiger partial charge in [0, 0.05) is 22.9 Å². The molecule has 0 spiro atoms. The molecule has 0 aliphatic heterocycles. The summed E-state index contributed by atoms with van der Waals surface area (Å²) in [6.45, 7) is 0. The van der Waals surface area contributed by atoms with Gasteiger partial charge in [-0.1, -0.05) is 29.3 Å². The van der Waals surface area contributed by atoms with Gasteiger partial charge in [0.15, 0.2) is 0 Å². The van der Waals surface area contributed by atoms with Crippen LogP contribution >= 0.6 is 23.2 Å². The molecule has 0 fully saturated rings. The molecule has 1 nitrogen and oxygen atoms in total. The highest BCUT2D eigenvalue weighted by molar-refractivity contribution is 6.35. The normalized spacial score (nSPS) is 10.6. The summed E-state index contributed by atoms with van der Waals surface area (Å²) in [4.78, 5) is 11.9. The van der Waals surface area contributed by atoms with Crippen LogP contribution in [0.1, 0.15) is 11.1 Å². The van der Waals surface area contributed by atoms with Gasteiger partial charge in [0.05, 0.1) is 0 Å². The smallest absolute Gasteiger partial charge is 0.141 e. The molecule has 0 atom stereocenters. The van der Waals surface area contributed by atoms with Gasteiger partial charge in [0.1, 0.15) is 17.4 Å². The van der Waals surface area contributed by atoms with Crippen LogP contribution in [0, 0.1) is 11.6 Å². The number of carbonyl (C=O) groups excluding carboxylic acids is 1. The molecule has 5 heteroatoms. The van der Waals surface area contributed by atoms with E-state index in [1.54, 1.807) is 12.1 Å². The van der Waals surface area contributed by atoms with E-state index in [1.165, 1.54) is 6.07 Å². The Morgan fingerprint density at radius 1 is 0.950 bits per heavy atom. The standard InChI is InChI=1S/C15H10Cl2F2O/c16-11-2-1-9(14(17)8-11)6-13(20)7-10-5-12(18)3-4-15(10)19/h1-5,8H,6-7H2. The summed E-state index contributed by atoms with van der Waals surface area (Å²) in [5.74, 6) is -1.42.